The maximum atomic E-state index is 13.1. The summed E-state index contributed by atoms with van der Waals surface area (Å²) in [5, 5.41) is 4.90. The first-order valence-corrected chi connectivity index (χ1v) is 9.19. The molecule has 0 aliphatic carbocycles. The molecule has 0 saturated carbocycles. The lowest BCUT2D eigenvalue weighted by Crippen LogP contribution is -2.35. The van der Waals surface area contributed by atoms with Gasteiger partial charge in [0.05, 0.1) is 16.6 Å². The molecule has 4 rings (SSSR count). The van der Waals surface area contributed by atoms with Gasteiger partial charge in [-0.1, -0.05) is 34.9 Å². The van der Waals surface area contributed by atoms with Gasteiger partial charge in [0.1, 0.15) is 0 Å². The summed E-state index contributed by atoms with van der Waals surface area (Å²) in [6.07, 6.45) is 3.52. The van der Waals surface area contributed by atoms with Crippen molar-refractivity contribution in [1.82, 2.24) is 10.1 Å². The Hall–Kier alpha value is -2.21. The number of nitrogens with zero attached hydrogens (tertiary/aromatic N) is 3. The Labute approximate surface area is 154 Å². The number of anilines is 1. The highest BCUT2D eigenvalue weighted by atomic mass is 79.9. The molecule has 0 radical (unpaired) electrons. The molecule has 128 valence electrons. The molecule has 0 unspecified atom stereocenters. The molecule has 2 aromatic heterocycles. The van der Waals surface area contributed by atoms with Crippen LogP contribution in [0.2, 0.25) is 0 Å². The van der Waals surface area contributed by atoms with Crippen molar-refractivity contribution in [2.24, 2.45) is 0 Å². The number of aryl methyl sites for hydroxylation is 1. The van der Waals surface area contributed by atoms with E-state index in [1.165, 1.54) is 5.56 Å². The standard InChI is InChI=1S/C19H18BrN3O2/c1-11(2)17-15-9-13(10-21-18(15)25-22-17)19(24)23-7-3-4-12-8-14(20)5-6-16(12)23/h5-6,8-11H,3-4,7H2,1-2H3. The van der Waals surface area contributed by atoms with Gasteiger partial charge in [0, 0.05) is 22.9 Å². The molecule has 0 atom stereocenters. The predicted molar refractivity (Wildman–Crippen MR) is 100 cm³/mol. The van der Waals surface area contributed by atoms with Gasteiger partial charge in [-0.3, -0.25) is 4.79 Å². The number of hydrogen-bond acceptors (Lipinski definition) is 4. The number of benzene rings is 1. The van der Waals surface area contributed by atoms with Gasteiger partial charge >= 0.3 is 0 Å². The predicted octanol–water partition coefficient (Wildman–Crippen LogP) is 4.70. The molecule has 5 nitrogen and oxygen atoms in total. The molecule has 0 spiro atoms. The third-order valence-electron chi connectivity index (χ3n) is 4.56. The fourth-order valence-electron chi connectivity index (χ4n) is 3.32. The second-order valence-electron chi connectivity index (χ2n) is 6.63. The van der Waals surface area contributed by atoms with Gasteiger partial charge in [0.2, 0.25) is 0 Å². The molecule has 3 heterocycles. The summed E-state index contributed by atoms with van der Waals surface area (Å²) in [5.74, 6) is 0.176. The van der Waals surface area contributed by atoms with Crippen LogP contribution in [0.4, 0.5) is 5.69 Å². The summed E-state index contributed by atoms with van der Waals surface area (Å²) in [7, 11) is 0. The highest BCUT2D eigenvalue weighted by molar-refractivity contribution is 9.10. The van der Waals surface area contributed by atoms with Crippen LogP contribution in [-0.4, -0.2) is 22.6 Å². The molecule has 3 aromatic rings. The zero-order chi connectivity index (χ0) is 17.6. The maximum absolute atomic E-state index is 13.1. The Bertz CT molecular complexity index is 964. The van der Waals surface area contributed by atoms with Crippen LogP contribution in [0.3, 0.4) is 0 Å². The second kappa shape index (κ2) is 6.26. The molecule has 1 aromatic carbocycles. The van der Waals surface area contributed by atoms with Crippen molar-refractivity contribution in [2.75, 3.05) is 11.4 Å². The Kier molecular flexibility index (Phi) is 4.07. The normalized spacial score (nSPS) is 14.2. The van der Waals surface area contributed by atoms with Crippen LogP contribution in [0.15, 0.2) is 39.5 Å². The van der Waals surface area contributed by atoms with E-state index in [2.05, 4.69) is 32.1 Å². The van der Waals surface area contributed by atoms with Gasteiger partial charge in [-0.15, -0.1) is 0 Å². The molecular weight excluding hydrogens is 382 g/mol. The third-order valence-corrected chi connectivity index (χ3v) is 5.05. The first-order chi connectivity index (χ1) is 12.0. The molecule has 0 N–H and O–H groups in total. The molecule has 1 amide bonds. The van der Waals surface area contributed by atoms with E-state index >= 15 is 0 Å². The summed E-state index contributed by atoms with van der Waals surface area (Å²) in [6, 6.07) is 7.92. The topological polar surface area (TPSA) is 59.2 Å². The first-order valence-electron chi connectivity index (χ1n) is 8.40. The number of fused-ring (bicyclic) bond motifs is 2. The molecule has 0 bridgehead atoms. The number of rotatable bonds is 2. The van der Waals surface area contributed by atoms with Crippen LogP contribution in [0.1, 0.15) is 47.8 Å². The number of aromatic nitrogens is 2. The number of pyridine rings is 1. The summed E-state index contributed by atoms with van der Waals surface area (Å²) >= 11 is 3.51. The largest absolute Gasteiger partial charge is 0.336 e. The van der Waals surface area contributed by atoms with Crippen molar-refractivity contribution in [3.05, 3.63) is 51.8 Å². The van der Waals surface area contributed by atoms with E-state index in [0.717, 1.165) is 34.1 Å². The highest BCUT2D eigenvalue weighted by Crippen LogP contribution is 2.31. The van der Waals surface area contributed by atoms with E-state index < -0.39 is 0 Å². The SMILES string of the molecule is CC(C)c1noc2ncc(C(=O)N3CCCc4cc(Br)ccc43)cc12. The van der Waals surface area contributed by atoms with Crippen molar-refractivity contribution < 1.29 is 9.32 Å². The fraction of sp³-hybridized carbons (Fsp3) is 0.316. The summed E-state index contributed by atoms with van der Waals surface area (Å²) < 4.78 is 6.31. The first kappa shape index (κ1) is 16.3. The summed E-state index contributed by atoms with van der Waals surface area (Å²) in [5.41, 5.74) is 4.04. The van der Waals surface area contributed by atoms with E-state index in [-0.39, 0.29) is 11.8 Å². The van der Waals surface area contributed by atoms with Crippen molar-refractivity contribution in [3.8, 4) is 0 Å². The average Bonchev–Trinajstić information content (AvgIpc) is 3.03. The van der Waals surface area contributed by atoms with Gasteiger partial charge < -0.3 is 9.42 Å². The third kappa shape index (κ3) is 2.84. The Morgan fingerprint density at radius 2 is 2.16 bits per heavy atom. The number of amides is 1. The van der Waals surface area contributed by atoms with Gasteiger partial charge in [0.15, 0.2) is 0 Å². The minimum atomic E-state index is -0.0337. The molecule has 0 saturated heterocycles. The lowest BCUT2D eigenvalue weighted by Gasteiger charge is -2.29. The minimum absolute atomic E-state index is 0.0337. The zero-order valence-electron chi connectivity index (χ0n) is 14.1. The van der Waals surface area contributed by atoms with Crippen molar-refractivity contribution in [2.45, 2.75) is 32.6 Å². The quantitative estimate of drug-likeness (QED) is 0.626. The number of carbonyl (C=O) groups excluding carboxylic acids is 1. The number of halogens is 1. The van der Waals surface area contributed by atoms with Crippen LogP contribution in [0, 0.1) is 0 Å². The average molecular weight is 400 g/mol. The van der Waals surface area contributed by atoms with Crippen LogP contribution in [0.5, 0.6) is 0 Å². The van der Waals surface area contributed by atoms with E-state index in [0.29, 0.717) is 17.8 Å². The van der Waals surface area contributed by atoms with Crippen molar-refractivity contribution >= 4 is 38.6 Å². The lowest BCUT2D eigenvalue weighted by atomic mass is 10.0. The monoisotopic (exact) mass is 399 g/mol. The van der Waals surface area contributed by atoms with E-state index in [9.17, 15) is 4.79 Å². The fourth-order valence-corrected chi connectivity index (χ4v) is 3.72. The molecular formula is C19H18BrN3O2. The van der Waals surface area contributed by atoms with E-state index in [4.69, 9.17) is 4.52 Å². The van der Waals surface area contributed by atoms with Crippen molar-refractivity contribution in [1.29, 1.82) is 0 Å². The van der Waals surface area contributed by atoms with Gasteiger partial charge in [-0.2, -0.15) is 0 Å². The van der Waals surface area contributed by atoms with E-state index in [1.54, 1.807) is 6.20 Å². The molecule has 1 aliphatic rings. The zero-order valence-corrected chi connectivity index (χ0v) is 15.7. The number of carbonyl (C=O) groups is 1. The van der Waals surface area contributed by atoms with Crippen molar-refractivity contribution in [3.63, 3.8) is 0 Å². The van der Waals surface area contributed by atoms with E-state index in [1.807, 2.05) is 36.9 Å². The molecule has 1 aliphatic heterocycles. The van der Waals surface area contributed by atoms with Gasteiger partial charge in [0.25, 0.3) is 11.6 Å². The highest BCUT2D eigenvalue weighted by Gasteiger charge is 2.25. The van der Waals surface area contributed by atoms with Gasteiger partial charge in [-0.05, 0) is 48.6 Å². The second-order valence-corrected chi connectivity index (χ2v) is 7.55. The minimum Gasteiger partial charge on any atom is -0.336 e. The summed E-state index contributed by atoms with van der Waals surface area (Å²) in [6.45, 7) is 4.81. The maximum Gasteiger partial charge on any atom is 0.259 e. The van der Waals surface area contributed by atoms with Crippen LogP contribution < -0.4 is 4.90 Å². The molecule has 0 fully saturated rings. The smallest absolute Gasteiger partial charge is 0.259 e. The van der Waals surface area contributed by atoms with Crippen LogP contribution in [-0.2, 0) is 6.42 Å². The molecule has 25 heavy (non-hydrogen) atoms. The number of hydrogen-bond donors (Lipinski definition) is 0. The lowest BCUT2D eigenvalue weighted by molar-refractivity contribution is 0.0985. The van der Waals surface area contributed by atoms with Crippen LogP contribution >= 0.6 is 15.9 Å². The Balaban J connectivity index is 1.75. The van der Waals surface area contributed by atoms with Gasteiger partial charge in [-0.25, -0.2) is 4.98 Å². The molecule has 6 heteroatoms. The Morgan fingerprint density at radius 1 is 1.32 bits per heavy atom. The summed E-state index contributed by atoms with van der Waals surface area (Å²) in [4.78, 5) is 19.2. The van der Waals surface area contributed by atoms with Crippen LogP contribution in [0.25, 0.3) is 11.1 Å². The Morgan fingerprint density at radius 3 is 2.96 bits per heavy atom.